The lowest BCUT2D eigenvalue weighted by Gasteiger charge is -2.25. The standard InChI is InChI=1S/C13H16FNO5/c1-13(8-19-2,12(17)18)15-11(16)7-20-10-6-4-3-5-9(10)14/h3-6H,7-8H2,1-2H3,(H,15,16)(H,17,18). The first kappa shape index (κ1) is 15.9. The zero-order valence-corrected chi connectivity index (χ0v) is 11.2. The largest absolute Gasteiger partial charge is 0.481 e. The van der Waals surface area contributed by atoms with Gasteiger partial charge >= 0.3 is 5.97 Å². The van der Waals surface area contributed by atoms with Gasteiger partial charge in [0.2, 0.25) is 0 Å². The van der Waals surface area contributed by atoms with Crippen LogP contribution in [0.25, 0.3) is 0 Å². The number of carbonyl (C=O) groups is 2. The molecule has 0 aliphatic heterocycles. The van der Waals surface area contributed by atoms with Crippen molar-refractivity contribution in [3.8, 4) is 5.75 Å². The minimum absolute atomic E-state index is 0.0774. The Balaban J connectivity index is 2.59. The van der Waals surface area contributed by atoms with Crippen LogP contribution >= 0.6 is 0 Å². The van der Waals surface area contributed by atoms with E-state index in [2.05, 4.69) is 5.32 Å². The number of carboxylic acid groups (broad SMARTS) is 1. The minimum atomic E-state index is -1.57. The average Bonchev–Trinajstić information content (AvgIpc) is 2.38. The Hall–Kier alpha value is -2.15. The van der Waals surface area contributed by atoms with E-state index in [4.69, 9.17) is 14.6 Å². The molecule has 0 aliphatic rings. The Labute approximate surface area is 115 Å². The predicted octanol–water partition coefficient (Wildman–Crippen LogP) is 0.810. The van der Waals surface area contributed by atoms with E-state index in [1.165, 1.54) is 32.2 Å². The van der Waals surface area contributed by atoms with Crippen LogP contribution in [0.4, 0.5) is 4.39 Å². The van der Waals surface area contributed by atoms with Gasteiger partial charge in [-0.1, -0.05) is 12.1 Å². The molecule has 110 valence electrons. The topological polar surface area (TPSA) is 84.9 Å². The van der Waals surface area contributed by atoms with Crippen LogP contribution in [0.2, 0.25) is 0 Å². The highest BCUT2D eigenvalue weighted by molar-refractivity contribution is 5.87. The highest BCUT2D eigenvalue weighted by atomic mass is 19.1. The lowest BCUT2D eigenvalue weighted by molar-refractivity contribution is -0.149. The van der Waals surface area contributed by atoms with E-state index < -0.39 is 29.8 Å². The van der Waals surface area contributed by atoms with Crippen molar-refractivity contribution in [3.63, 3.8) is 0 Å². The van der Waals surface area contributed by atoms with Crippen molar-refractivity contribution in [1.29, 1.82) is 0 Å². The Morgan fingerprint density at radius 1 is 1.40 bits per heavy atom. The van der Waals surface area contributed by atoms with Gasteiger partial charge < -0.3 is 19.9 Å². The molecule has 0 aliphatic carbocycles. The van der Waals surface area contributed by atoms with Crippen LogP contribution in [-0.4, -0.2) is 42.8 Å². The summed E-state index contributed by atoms with van der Waals surface area (Å²) in [6.45, 7) is 0.612. The molecule has 20 heavy (non-hydrogen) atoms. The number of aliphatic carboxylic acids is 1. The van der Waals surface area contributed by atoms with Crippen LogP contribution in [-0.2, 0) is 14.3 Å². The number of nitrogens with one attached hydrogen (secondary N) is 1. The molecule has 1 aromatic rings. The van der Waals surface area contributed by atoms with E-state index >= 15 is 0 Å². The van der Waals surface area contributed by atoms with E-state index in [0.29, 0.717) is 0 Å². The monoisotopic (exact) mass is 285 g/mol. The number of carboxylic acids is 1. The number of benzene rings is 1. The normalized spacial score (nSPS) is 13.3. The molecular weight excluding hydrogens is 269 g/mol. The summed E-state index contributed by atoms with van der Waals surface area (Å²) >= 11 is 0. The maximum absolute atomic E-state index is 13.3. The fourth-order valence-electron chi connectivity index (χ4n) is 1.49. The Morgan fingerprint density at radius 2 is 2.05 bits per heavy atom. The van der Waals surface area contributed by atoms with E-state index in [1.54, 1.807) is 6.07 Å². The highest BCUT2D eigenvalue weighted by Crippen LogP contribution is 2.15. The summed E-state index contributed by atoms with van der Waals surface area (Å²) in [5.41, 5.74) is -1.57. The van der Waals surface area contributed by atoms with Gasteiger partial charge in [0.1, 0.15) is 0 Å². The maximum Gasteiger partial charge on any atom is 0.331 e. The van der Waals surface area contributed by atoms with Crippen LogP contribution < -0.4 is 10.1 Å². The molecule has 0 bridgehead atoms. The number of carbonyl (C=O) groups excluding carboxylic acids is 1. The van der Waals surface area contributed by atoms with Crippen LogP contribution in [0.3, 0.4) is 0 Å². The summed E-state index contributed by atoms with van der Waals surface area (Å²) in [4.78, 5) is 22.7. The molecule has 0 heterocycles. The third kappa shape index (κ3) is 4.20. The van der Waals surface area contributed by atoms with Crippen molar-refractivity contribution in [2.24, 2.45) is 0 Å². The SMILES string of the molecule is COCC(C)(NC(=O)COc1ccccc1F)C(=O)O. The summed E-state index contributed by atoms with van der Waals surface area (Å²) in [5, 5.41) is 11.3. The van der Waals surface area contributed by atoms with Crippen LogP contribution in [0.5, 0.6) is 5.75 Å². The number of rotatable bonds is 7. The van der Waals surface area contributed by atoms with Gasteiger partial charge in [-0.2, -0.15) is 0 Å². The Kier molecular flexibility index (Phi) is 5.45. The molecule has 1 rings (SSSR count). The number of hydrogen-bond donors (Lipinski definition) is 2. The second-order valence-electron chi connectivity index (χ2n) is 4.34. The molecular formula is C13H16FNO5. The van der Waals surface area contributed by atoms with Crippen molar-refractivity contribution in [1.82, 2.24) is 5.32 Å². The quantitative estimate of drug-likeness (QED) is 0.774. The summed E-state index contributed by atoms with van der Waals surface area (Å²) in [6, 6.07) is 5.61. The second kappa shape index (κ2) is 6.85. The first-order valence-corrected chi connectivity index (χ1v) is 5.80. The second-order valence-corrected chi connectivity index (χ2v) is 4.34. The fraction of sp³-hybridized carbons (Fsp3) is 0.385. The molecule has 0 saturated heterocycles. The van der Waals surface area contributed by atoms with Gasteiger partial charge in [0.25, 0.3) is 5.91 Å². The van der Waals surface area contributed by atoms with Crippen LogP contribution in [0.1, 0.15) is 6.92 Å². The highest BCUT2D eigenvalue weighted by Gasteiger charge is 2.35. The summed E-state index contributed by atoms with van der Waals surface area (Å²) in [6.07, 6.45) is 0. The lowest BCUT2D eigenvalue weighted by atomic mass is 10.0. The van der Waals surface area contributed by atoms with Gasteiger partial charge in [0.05, 0.1) is 6.61 Å². The van der Waals surface area contributed by atoms with Gasteiger partial charge in [-0.3, -0.25) is 4.79 Å². The van der Waals surface area contributed by atoms with E-state index in [9.17, 15) is 14.0 Å². The third-order valence-corrected chi connectivity index (χ3v) is 2.52. The number of halogens is 1. The van der Waals surface area contributed by atoms with Gasteiger partial charge in [-0.25, -0.2) is 9.18 Å². The third-order valence-electron chi connectivity index (χ3n) is 2.52. The minimum Gasteiger partial charge on any atom is -0.481 e. The Bertz CT molecular complexity index is 493. The van der Waals surface area contributed by atoms with Crippen molar-refractivity contribution >= 4 is 11.9 Å². The van der Waals surface area contributed by atoms with Crippen molar-refractivity contribution in [2.45, 2.75) is 12.5 Å². The lowest BCUT2D eigenvalue weighted by Crippen LogP contribution is -2.56. The molecule has 1 aromatic carbocycles. The number of para-hydroxylation sites is 1. The molecule has 1 unspecified atom stereocenters. The zero-order chi connectivity index (χ0) is 15.2. The van der Waals surface area contributed by atoms with E-state index in [0.717, 1.165) is 0 Å². The summed E-state index contributed by atoms with van der Waals surface area (Å²) in [7, 11) is 1.32. The molecule has 0 saturated carbocycles. The van der Waals surface area contributed by atoms with Gasteiger partial charge in [0.15, 0.2) is 23.7 Å². The summed E-state index contributed by atoms with van der Waals surface area (Å²) in [5.74, 6) is -2.60. The van der Waals surface area contributed by atoms with Crippen molar-refractivity contribution in [2.75, 3.05) is 20.3 Å². The van der Waals surface area contributed by atoms with E-state index in [-0.39, 0.29) is 12.4 Å². The maximum atomic E-state index is 13.3. The van der Waals surface area contributed by atoms with E-state index in [1.807, 2.05) is 0 Å². The van der Waals surface area contributed by atoms with Gasteiger partial charge in [-0.05, 0) is 19.1 Å². The number of methoxy groups -OCH3 is 1. The molecule has 0 radical (unpaired) electrons. The molecule has 0 spiro atoms. The number of amides is 1. The molecule has 7 heteroatoms. The number of hydrogen-bond acceptors (Lipinski definition) is 4. The predicted molar refractivity (Wildman–Crippen MR) is 68.0 cm³/mol. The van der Waals surface area contributed by atoms with Gasteiger partial charge in [0, 0.05) is 7.11 Å². The van der Waals surface area contributed by atoms with Gasteiger partial charge in [-0.15, -0.1) is 0 Å². The molecule has 0 aromatic heterocycles. The molecule has 6 nitrogen and oxygen atoms in total. The Morgan fingerprint density at radius 3 is 2.60 bits per heavy atom. The fourth-order valence-corrected chi connectivity index (χ4v) is 1.49. The molecule has 2 N–H and O–H groups in total. The average molecular weight is 285 g/mol. The van der Waals surface area contributed by atoms with Crippen LogP contribution in [0, 0.1) is 5.82 Å². The van der Waals surface area contributed by atoms with Crippen molar-refractivity contribution in [3.05, 3.63) is 30.1 Å². The van der Waals surface area contributed by atoms with Crippen LogP contribution in [0.15, 0.2) is 24.3 Å². The molecule has 1 amide bonds. The van der Waals surface area contributed by atoms with Crippen molar-refractivity contribution < 1.29 is 28.6 Å². The zero-order valence-electron chi connectivity index (χ0n) is 11.2. The molecule has 1 atom stereocenters. The summed E-state index contributed by atoms with van der Waals surface area (Å²) < 4.78 is 23.0. The smallest absolute Gasteiger partial charge is 0.331 e. The first-order valence-electron chi connectivity index (χ1n) is 5.80. The first-order chi connectivity index (χ1) is 9.39. The number of ether oxygens (including phenoxy) is 2. The molecule has 0 fully saturated rings.